The van der Waals surface area contributed by atoms with E-state index < -0.39 is 0 Å². The van der Waals surface area contributed by atoms with Crippen molar-refractivity contribution < 1.29 is 9.53 Å². The summed E-state index contributed by atoms with van der Waals surface area (Å²) >= 11 is 0. The summed E-state index contributed by atoms with van der Waals surface area (Å²) in [4.78, 5) is 16.4. The first-order chi connectivity index (χ1) is 10.2. The van der Waals surface area contributed by atoms with Crippen molar-refractivity contribution in [2.24, 2.45) is 5.73 Å². The van der Waals surface area contributed by atoms with Gasteiger partial charge in [-0.1, -0.05) is 30.3 Å². The first kappa shape index (κ1) is 15.0. The maximum atomic E-state index is 12.3. The molecule has 21 heavy (non-hydrogen) atoms. The zero-order valence-corrected chi connectivity index (χ0v) is 12.0. The zero-order chi connectivity index (χ0) is 15.1. The normalized spacial score (nSPS) is 11.7. The Bertz CT molecular complexity index is 570. The van der Waals surface area contributed by atoms with E-state index in [0.717, 1.165) is 5.56 Å². The first-order valence-corrected chi connectivity index (χ1v) is 6.89. The average molecular weight is 285 g/mol. The van der Waals surface area contributed by atoms with Gasteiger partial charge in [-0.3, -0.25) is 4.79 Å². The third-order valence-corrected chi connectivity index (χ3v) is 3.05. The fraction of sp³-hybridized carbons (Fsp3) is 0.250. The van der Waals surface area contributed by atoms with Crippen LogP contribution in [0.25, 0.3) is 0 Å². The van der Waals surface area contributed by atoms with Crippen LogP contribution in [0.3, 0.4) is 0 Å². The Hall–Kier alpha value is -2.40. The number of nitrogens with two attached hydrogens (primary N) is 1. The lowest BCUT2D eigenvalue weighted by atomic mass is 9.98. The van der Waals surface area contributed by atoms with Crippen molar-refractivity contribution >= 4 is 11.6 Å². The van der Waals surface area contributed by atoms with Crippen molar-refractivity contribution in [1.29, 1.82) is 0 Å². The van der Waals surface area contributed by atoms with Crippen molar-refractivity contribution in [2.45, 2.75) is 12.8 Å². The van der Waals surface area contributed by atoms with Gasteiger partial charge in [-0.2, -0.15) is 0 Å². The van der Waals surface area contributed by atoms with E-state index in [1.54, 1.807) is 18.3 Å². The SMILES string of the molecule is CCOc1ccc(NC(=O)C(CN)c2ccccc2)cn1. The van der Waals surface area contributed by atoms with Gasteiger partial charge in [-0.05, 0) is 18.6 Å². The van der Waals surface area contributed by atoms with Crippen LogP contribution in [0.1, 0.15) is 18.4 Å². The van der Waals surface area contributed by atoms with Gasteiger partial charge in [0, 0.05) is 12.6 Å². The molecule has 0 saturated heterocycles. The van der Waals surface area contributed by atoms with Crippen molar-refractivity contribution in [2.75, 3.05) is 18.5 Å². The van der Waals surface area contributed by atoms with E-state index in [2.05, 4.69) is 10.3 Å². The summed E-state index contributed by atoms with van der Waals surface area (Å²) in [6, 6.07) is 13.0. The third-order valence-electron chi connectivity index (χ3n) is 3.05. The number of amides is 1. The minimum absolute atomic E-state index is 0.144. The quantitative estimate of drug-likeness (QED) is 0.852. The summed E-state index contributed by atoms with van der Waals surface area (Å²) in [5.41, 5.74) is 7.25. The lowest BCUT2D eigenvalue weighted by molar-refractivity contribution is -0.117. The van der Waals surface area contributed by atoms with Crippen LogP contribution in [-0.2, 0) is 4.79 Å². The number of hydrogen-bond donors (Lipinski definition) is 2. The topological polar surface area (TPSA) is 77.2 Å². The molecule has 2 aromatic rings. The molecule has 0 bridgehead atoms. The lowest BCUT2D eigenvalue weighted by Crippen LogP contribution is -2.27. The minimum Gasteiger partial charge on any atom is -0.478 e. The molecule has 1 unspecified atom stereocenters. The second-order valence-corrected chi connectivity index (χ2v) is 4.51. The number of hydrogen-bond acceptors (Lipinski definition) is 4. The highest BCUT2D eigenvalue weighted by atomic mass is 16.5. The first-order valence-electron chi connectivity index (χ1n) is 6.89. The molecule has 1 aromatic carbocycles. The summed E-state index contributed by atoms with van der Waals surface area (Å²) in [6.45, 7) is 2.70. The molecule has 0 aliphatic rings. The summed E-state index contributed by atoms with van der Waals surface area (Å²) in [5.74, 6) is 0.0151. The molecule has 0 spiro atoms. The largest absolute Gasteiger partial charge is 0.478 e. The van der Waals surface area contributed by atoms with Gasteiger partial charge in [0.15, 0.2) is 0 Å². The molecule has 3 N–H and O–H groups in total. The van der Waals surface area contributed by atoms with Gasteiger partial charge >= 0.3 is 0 Å². The molecular weight excluding hydrogens is 266 g/mol. The highest BCUT2D eigenvalue weighted by molar-refractivity contribution is 5.95. The molecule has 1 atom stereocenters. The molecule has 1 aromatic heterocycles. The molecule has 0 fully saturated rings. The monoisotopic (exact) mass is 285 g/mol. The number of pyridine rings is 1. The van der Waals surface area contributed by atoms with E-state index >= 15 is 0 Å². The third kappa shape index (κ3) is 4.03. The number of nitrogens with one attached hydrogen (secondary N) is 1. The Balaban J connectivity index is 2.05. The van der Waals surface area contributed by atoms with Crippen molar-refractivity contribution in [3.05, 3.63) is 54.2 Å². The number of nitrogens with zero attached hydrogens (tertiary/aromatic N) is 1. The molecule has 1 amide bonds. The van der Waals surface area contributed by atoms with Crippen LogP contribution in [0.2, 0.25) is 0 Å². The van der Waals surface area contributed by atoms with E-state index in [9.17, 15) is 4.79 Å². The van der Waals surface area contributed by atoms with Gasteiger partial charge < -0.3 is 15.8 Å². The molecule has 0 saturated carbocycles. The van der Waals surface area contributed by atoms with E-state index in [0.29, 0.717) is 18.2 Å². The number of ether oxygens (including phenoxy) is 1. The molecule has 5 nitrogen and oxygen atoms in total. The predicted molar refractivity (Wildman–Crippen MR) is 82.3 cm³/mol. The van der Waals surface area contributed by atoms with E-state index in [-0.39, 0.29) is 18.4 Å². The Labute approximate surface area is 124 Å². The van der Waals surface area contributed by atoms with Gasteiger partial charge in [0.2, 0.25) is 11.8 Å². The fourth-order valence-corrected chi connectivity index (χ4v) is 2.00. The molecule has 5 heteroatoms. The van der Waals surface area contributed by atoms with E-state index in [1.165, 1.54) is 0 Å². The highest BCUT2D eigenvalue weighted by Gasteiger charge is 2.18. The number of aromatic nitrogens is 1. The maximum absolute atomic E-state index is 12.3. The predicted octanol–water partition coefficient (Wildman–Crippen LogP) is 2.16. The van der Waals surface area contributed by atoms with Crippen LogP contribution in [-0.4, -0.2) is 24.0 Å². The van der Waals surface area contributed by atoms with Gasteiger partial charge in [-0.25, -0.2) is 4.98 Å². The molecule has 110 valence electrons. The maximum Gasteiger partial charge on any atom is 0.233 e. The molecule has 0 aliphatic heterocycles. The Morgan fingerprint density at radius 2 is 2.05 bits per heavy atom. The Morgan fingerprint density at radius 1 is 1.29 bits per heavy atom. The average Bonchev–Trinajstić information content (AvgIpc) is 2.51. The second-order valence-electron chi connectivity index (χ2n) is 4.51. The van der Waals surface area contributed by atoms with Crippen LogP contribution < -0.4 is 15.8 Å². The van der Waals surface area contributed by atoms with Gasteiger partial charge in [0.25, 0.3) is 0 Å². The van der Waals surface area contributed by atoms with Crippen LogP contribution in [0.5, 0.6) is 5.88 Å². The number of benzene rings is 1. The summed E-state index contributed by atoms with van der Waals surface area (Å²) in [7, 11) is 0. The van der Waals surface area contributed by atoms with Gasteiger partial charge in [0.1, 0.15) is 0 Å². The number of carbonyl (C=O) groups excluding carboxylic acids is 1. The number of anilines is 1. The van der Waals surface area contributed by atoms with Crippen molar-refractivity contribution in [1.82, 2.24) is 4.98 Å². The standard InChI is InChI=1S/C16H19N3O2/c1-2-21-15-9-8-13(11-18-15)19-16(20)14(10-17)12-6-4-3-5-7-12/h3-9,11,14H,2,10,17H2,1H3,(H,19,20). The fourth-order valence-electron chi connectivity index (χ4n) is 2.00. The van der Waals surface area contributed by atoms with Gasteiger partial charge in [-0.15, -0.1) is 0 Å². The Morgan fingerprint density at radius 3 is 2.62 bits per heavy atom. The number of rotatable bonds is 6. The van der Waals surface area contributed by atoms with Crippen LogP contribution in [0.15, 0.2) is 48.7 Å². The summed E-state index contributed by atoms with van der Waals surface area (Å²) in [6.07, 6.45) is 1.57. The van der Waals surface area contributed by atoms with Crippen LogP contribution in [0, 0.1) is 0 Å². The van der Waals surface area contributed by atoms with Gasteiger partial charge in [0.05, 0.1) is 24.4 Å². The minimum atomic E-state index is -0.377. The van der Waals surface area contributed by atoms with Crippen LogP contribution in [0.4, 0.5) is 5.69 Å². The molecule has 0 aliphatic carbocycles. The summed E-state index contributed by atoms with van der Waals surface area (Å²) in [5, 5.41) is 2.82. The molecule has 1 heterocycles. The van der Waals surface area contributed by atoms with E-state index in [1.807, 2.05) is 37.3 Å². The molecule has 0 radical (unpaired) electrons. The van der Waals surface area contributed by atoms with Crippen molar-refractivity contribution in [3.63, 3.8) is 0 Å². The molecular formula is C16H19N3O2. The lowest BCUT2D eigenvalue weighted by Gasteiger charge is -2.15. The number of carbonyl (C=O) groups is 1. The zero-order valence-electron chi connectivity index (χ0n) is 12.0. The smallest absolute Gasteiger partial charge is 0.233 e. The molecule has 2 rings (SSSR count). The van der Waals surface area contributed by atoms with Crippen LogP contribution >= 0.6 is 0 Å². The van der Waals surface area contributed by atoms with E-state index in [4.69, 9.17) is 10.5 Å². The second kappa shape index (κ2) is 7.40. The summed E-state index contributed by atoms with van der Waals surface area (Å²) < 4.78 is 5.26. The highest BCUT2D eigenvalue weighted by Crippen LogP contribution is 2.18. The Kier molecular flexibility index (Phi) is 5.29. The van der Waals surface area contributed by atoms with Crippen molar-refractivity contribution in [3.8, 4) is 5.88 Å².